The molecular formula is C38H25NO. The predicted octanol–water partition coefficient (Wildman–Crippen LogP) is 11.0. The van der Waals surface area contributed by atoms with Crippen LogP contribution in [0.1, 0.15) is 0 Å². The minimum atomic E-state index is 0.916. The first-order valence-corrected chi connectivity index (χ1v) is 13.6. The van der Waals surface area contributed by atoms with Crippen LogP contribution in [0.2, 0.25) is 0 Å². The van der Waals surface area contributed by atoms with Crippen molar-refractivity contribution in [3.05, 3.63) is 152 Å². The Morgan fingerprint density at radius 2 is 1.12 bits per heavy atom. The van der Waals surface area contributed by atoms with Gasteiger partial charge in [0.15, 0.2) is 0 Å². The fourth-order valence-corrected chi connectivity index (χ4v) is 6.05. The summed E-state index contributed by atoms with van der Waals surface area (Å²) in [6, 6.07) is 53.8. The molecular weight excluding hydrogens is 486 g/mol. The van der Waals surface area contributed by atoms with Crippen molar-refractivity contribution in [1.29, 1.82) is 0 Å². The van der Waals surface area contributed by atoms with Gasteiger partial charge in [-0.2, -0.15) is 0 Å². The molecule has 40 heavy (non-hydrogen) atoms. The van der Waals surface area contributed by atoms with Gasteiger partial charge in [0, 0.05) is 32.9 Å². The van der Waals surface area contributed by atoms with Crippen LogP contribution in [0.5, 0.6) is 0 Å². The molecule has 0 atom stereocenters. The number of para-hydroxylation sites is 2. The van der Waals surface area contributed by atoms with Crippen LogP contribution in [0.25, 0.3) is 54.6 Å². The lowest BCUT2D eigenvalue weighted by Crippen LogP contribution is -2.10. The van der Waals surface area contributed by atoms with Gasteiger partial charge < -0.3 is 9.32 Å². The first-order valence-electron chi connectivity index (χ1n) is 13.6. The highest BCUT2D eigenvalue weighted by atomic mass is 16.3. The maximum atomic E-state index is 6.26. The quantitative estimate of drug-likeness (QED) is 0.234. The maximum absolute atomic E-state index is 6.26. The Morgan fingerprint density at radius 1 is 0.425 bits per heavy atom. The zero-order chi connectivity index (χ0) is 26.5. The number of hydrogen-bond donors (Lipinski definition) is 0. The molecule has 2 nitrogen and oxygen atoms in total. The van der Waals surface area contributed by atoms with Crippen LogP contribution in [0, 0.1) is 0 Å². The van der Waals surface area contributed by atoms with Gasteiger partial charge in [-0.1, -0.05) is 109 Å². The molecule has 1 heterocycles. The molecule has 0 fully saturated rings. The highest BCUT2D eigenvalue weighted by Crippen LogP contribution is 2.43. The van der Waals surface area contributed by atoms with Gasteiger partial charge >= 0.3 is 0 Å². The third-order valence-electron chi connectivity index (χ3n) is 7.82. The zero-order valence-corrected chi connectivity index (χ0v) is 21.8. The van der Waals surface area contributed by atoms with Gasteiger partial charge in [0.25, 0.3) is 0 Å². The van der Waals surface area contributed by atoms with Crippen molar-refractivity contribution >= 4 is 60.5 Å². The fourth-order valence-electron chi connectivity index (χ4n) is 6.05. The van der Waals surface area contributed by atoms with Gasteiger partial charge in [0.1, 0.15) is 11.2 Å². The van der Waals surface area contributed by atoms with Crippen LogP contribution >= 0.6 is 0 Å². The molecule has 0 unspecified atom stereocenters. The van der Waals surface area contributed by atoms with Crippen molar-refractivity contribution in [2.45, 2.75) is 0 Å². The summed E-state index contributed by atoms with van der Waals surface area (Å²) < 4.78 is 6.26. The molecule has 2 heteroatoms. The van der Waals surface area contributed by atoms with E-state index in [9.17, 15) is 0 Å². The van der Waals surface area contributed by atoms with E-state index in [1.165, 1.54) is 38.1 Å². The lowest BCUT2D eigenvalue weighted by atomic mass is 9.94. The molecule has 8 rings (SSSR count). The van der Waals surface area contributed by atoms with E-state index in [1.54, 1.807) is 0 Å². The third kappa shape index (κ3) is 3.58. The van der Waals surface area contributed by atoms with Crippen molar-refractivity contribution in [3.8, 4) is 11.1 Å². The van der Waals surface area contributed by atoms with Gasteiger partial charge in [-0.15, -0.1) is 0 Å². The highest BCUT2D eigenvalue weighted by Gasteiger charge is 2.18. The molecule has 1 aromatic heterocycles. The number of hydrogen-bond acceptors (Lipinski definition) is 2. The number of anilines is 3. The molecule has 188 valence electrons. The van der Waals surface area contributed by atoms with Gasteiger partial charge in [-0.05, 0) is 64.4 Å². The summed E-state index contributed by atoms with van der Waals surface area (Å²) in [6.07, 6.45) is 0. The standard InChI is InChI=1S/C38H25NO/c1-2-15-29(16-3-1)39(34-21-10-12-26-11-4-5-18-31(26)34)30-17-8-14-28(25-30)32-20-9-13-27-23-24-36-38(37(27)32)33-19-6-7-22-35(33)40-36/h1-25H. The largest absolute Gasteiger partial charge is 0.456 e. The number of fused-ring (bicyclic) bond motifs is 6. The Balaban J connectivity index is 1.39. The van der Waals surface area contributed by atoms with Crippen molar-refractivity contribution in [1.82, 2.24) is 0 Å². The Hall–Kier alpha value is -5.34. The third-order valence-corrected chi connectivity index (χ3v) is 7.82. The number of rotatable bonds is 4. The molecule has 7 aromatic carbocycles. The second-order valence-corrected chi connectivity index (χ2v) is 10.2. The normalized spacial score (nSPS) is 11.5. The zero-order valence-electron chi connectivity index (χ0n) is 21.8. The summed E-state index contributed by atoms with van der Waals surface area (Å²) in [5, 5.41) is 7.18. The van der Waals surface area contributed by atoms with Crippen molar-refractivity contribution in [2.75, 3.05) is 4.90 Å². The van der Waals surface area contributed by atoms with Crippen LogP contribution in [0.4, 0.5) is 17.1 Å². The Labute approximate surface area is 232 Å². The SMILES string of the molecule is c1ccc(N(c2cccc(-c3cccc4ccc5oc6ccccc6c5c34)c2)c2cccc3ccccc23)cc1. The molecule has 0 amide bonds. The second-order valence-electron chi connectivity index (χ2n) is 10.2. The van der Waals surface area contributed by atoms with E-state index in [0.29, 0.717) is 0 Å². The van der Waals surface area contributed by atoms with Gasteiger partial charge in [-0.3, -0.25) is 0 Å². The van der Waals surface area contributed by atoms with Crippen LogP contribution in [0.15, 0.2) is 156 Å². The van der Waals surface area contributed by atoms with E-state index >= 15 is 0 Å². The smallest absolute Gasteiger partial charge is 0.136 e. The van der Waals surface area contributed by atoms with E-state index in [1.807, 2.05) is 12.1 Å². The average Bonchev–Trinajstić information content (AvgIpc) is 3.41. The minimum Gasteiger partial charge on any atom is -0.456 e. The van der Waals surface area contributed by atoms with Crippen molar-refractivity contribution < 1.29 is 4.42 Å². The number of benzene rings is 7. The predicted molar refractivity (Wildman–Crippen MR) is 169 cm³/mol. The second kappa shape index (κ2) is 9.14. The van der Waals surface area contributed by atoms with E-state index in [0.717, 1.165) is 33.6 Å². The first-order chi connectivity index (χ1) is 19.8. The fraction of sp³-hybridized carbons (Fsp3) is 0. The lowest BCUT2D eigenvalue weighted by molar-refractivity contribution is 0.669. The first kappa shape index (κ1) is 22.6. The van der Waals surface area contributed by atoms with Gasteiger partial charge in [0.2, 0.25) is 0 Å². The molecule has 0 bridgehead atoms. The molecule has 0 saturated heterocycles. The van der Waals surface area contributed by atoms with E-state index < -0.39 is 0 Å². The summed E-state index contributed by atoms with van der Waals surface area (Å²) in [4.78, 5) is 2.36. The van der Waals surface area contributed by atoms with Gasteiger partial charge in [-0.25, -0.2) is 0 Å². The van der Waals surface area contributed by atoms with Crippen molar-refractivity contribution in [3.63, 3.8) is 0 Å². The van der Waals surface area contributed by atoms with Crippen LogP contribution in [-0.4, -0.2) is 0 Å². The molecule has 0 aliphatic rings. The summed E-state index contributed by atoms with van der Waals surface area (Å²) in [7, 11) is 0. The molecule has 0 spiro atoms. The summed E-state index contributed by atoms with van der Waals surface area (Å²) in [6.45, 7) is 0. The molecule has 0 aliphatic carbocycles. The Morgan fingerprint density at radius 3 is 2.05 bits per heavy atom. The van der Waals surface area contributed by atoms with E-state index in [-0.39, 0.29) is 0 Å². The van der Waals surface area contributed by atoms with Gasteiger partial charge in [0.05, 0.1) is 5.69 Å². The summed E-state index contributed by atoms with van der Waals surface area (Å²) in [5.74, 6) is 0. The Bertz CT molecular complexity index is 2170. The van der Waals surface area contributed by atoms with E-state index in [2.05, 4.69) is 144 Å². The topological polar surface area (TPSA) is 16.4 Å². The molecule has 0 saturated carbocycles. The van der Waals surface area contributed by atoms with E-state index in [4.69, 9.17) is 4.42 Å². The highest BCUT2D eigenvalue weighted by molar-refractivity contribution is 6.22. The Kier molecular flexibility index (Phi) is 5.17. The molecule has 0 radical (unpaired) electrons. The summed E-state index contributed by atoms with van der Waals surface area (Å²) >= 11 is 0. The molecule has 0 aliphatic heterocycles. The minimum absolute atomic E-state index is 0.916. The van der Waals surface area contributed by atoms with Crippen LogP contribution in [-0.2, 0) is 0 Å². The lowest BCUT2D eigenvalue weighted by Gasteiger charge is -2.27. The van der Waals surface area contributed by atoms with Crippen molar-refractivity contribution in [2.24, 2.45) is 0 Å². The maximum Gasteiger partial charge on any atom is 0.136 e. The summed E-state index contributed by atoms with van der Waals surface area (Å²) in [5.41, 5.74) is 7.59. The van der Waals surface area contributed by atoms with Crippen LogP contribution in [0.3, 0.4) is 0 Å². The molecule has 8 aromatic rings. The number of nitrogens with zero attached hydrogens (tertiary/aromatic N) is 1. The monoisotopic (exact) mass is 511 g/mol. The number of furan rings is 1. The van der Waals surface area contributed by atoms with Crippen LogP contribution < -0.4 is 4.90 Å². The molecule has 0 N–H and O–H groups in total. The average molecular weight is 512 g/mol.